The normalized spacial score (nSPS) is 11.4. The fourth-order valence-electron chi connectivity index (χ4n) is 3.86. The van der Waals surface area contributed by atoms with Crippen molar-refractivity contribution < 1.29 is 24.3 Å². The molecule has 210 valence electrons. The lowest BCUT2D eigenvalue weighted by molar-refractivity contribution is -0.126. The zero-order valence-electron chi connectivity index (χ0n) is 22.2. The molecular formula is C29H30Cl2N4O5. The molecule has 3 rings (SSSR count). The van der Waals surface area contributed by atoms with E-state index in [-0.39, 0.29) is 45.6 Å². The second-order valence-corrected chi connectivity index (χ2v) is 10.4. The second-order valence-electron chi connectivity index (χ2n) is 9.62. The molecule has 0 radical (unpaired) electrons. The first-order chi connectivity index (χ1) is 18.9. The third-order valence-corrected chi connectivity index (χ3v) is 6.50. The molecule has 1 atom stereocenters. The highest BCUT2D eigenvalue weighted by molar-refractivity contribution is 6.37. The van der Waals surface area contributed by atoms with Gasteiger partial charge in [-0.3, -0.25) is 9.59 Å². The zero-order chi connectivity index (χ0) is 29.4. The van der Waals surface area contributed by atoms with E-state index in [1.54, 1.807) is 24.3 Å². The summed E-state index contributed by atoms with van der Waals surface area (Å²) >= 11 is 12.2. The van der Waals surface area contributed by atoms with E-state index in [0.717, 1.165) is 11.6 Å². The van der Waals surface area contributed by atoms with Crippen LogP contribution in [0, 0.1) is 12.8 Å². The molecular weight excluding hydrogens is 555 g/mol. The van der Waals surface area contributed by atoms with E-state index < -0.39 is 17.9 Å². The summed E-state index contributed by atoms with van der Waals surface area (Å²) in [7, 11) is 0. The van der Waals surface area contributed by atoms with Gasteiger partial charge in [-0.05, 0) is 60.7 Å². The summed E-state index contributed by atoms with van der Waals surface area (Å²) in [4.78, 5) is 49.4. The summed E-state index contributed by atoms with van der Waals surface area (Å²) in [5.41, 5.74) is 2.83. The number of aryl methyl sites for hydroxylation is 1. The van der Waals surface area contributed by atoms with Crippen LogP contribution in [0.4, 0.5) is 21.9 Å². The number of carbonyl (C=O) groups excluding carboxylic acids is 3. The molecule has 0 aliphatic carbocycles. The van der Waals surface area contributed by atoms with Crippen molar-refractivity contribution in [2.75, 3.05) is 16.0 Å². The number of carbonyl (C=O) groups is 4. The Bertz CT molecular complexity index is 1410. The van der Waals surface area contributed by atoms with E-state index in [2.05, 4.69) is 21.3 Å². The van der Waals surface area contributed by atoms with Crippen molar-refractivity contribution >= 4 is 64.1 Å². The first kappa shape index (κ1) is 30.5. The number of rotatable bonds is 10. The van der Waals surface area contributed by atoms with Crippen LogP contribution in [0.1, 0.15) is 41.8 Å². The third-order valence-electron chi connectivity index (χ3n) is 5.87. The largest absolute Gasteiger partial charge is 0.478 e. The molecule has 0 heterocycles. The lowest BCUT2D eigenvalue weighted by Gasteiger charge is -2.21. The highest BCUT2D eigenvalue weighted by Gasteiger charge is 2.24. The molecule has 0 bridgehead atoms. The molecule has 0 saturated carbocycles. The number of amides is 4. The summed E-state index contributed by atoms with van der Waals surface area (Å²) in [6.07, 6.45) is 0.368. The van der Waals surface area contributed by atoms with Crippen LogP contribution in [0.15, 0.2) is 60.7 Å². The Balaban J connectivity index is 1.60. The number of carboxylic acid groups (broad SMARTS) is 1. The molecule has 11 heteroatoms. The Morgan fingerprint density at radius 1 is 0.850 bits per heavy atom. The Labute approximate surface area is 242 Å². The van der Waals surface area contributed by atoms with Crippen LogP contribution in [0.2, 0.25) is 10.0 Å². The molecule has 0 aliphatic rings. The van der Waals surface area contributed by atoms with Crippen LogP contribution in [-0.2, 0) is 16.0 Å². The Hall–Kier alpha value is -4.08. The number of carboxylic acids is 1. The van der Waals surface area contributed by atoms with Gasteiger partial charge in [0.2, 0.25) is 11.8 Å². The monoisotopic (exact) mass is 584 g/mol. The zero-order valence-corrected chi connectivity index (χ0v) is 23.7. The molecule has 0 aromatic heterocycles. The van der Waals surface area contributed by atoms with E-state index >= 15 is 0 Å². The maximum Gasteiger partial charge on any atom is 0.337 e. The molecule has 0 saturated heterocycles. The molecule has 3 aromatic rings. The topological polar surface area (TPSA) is 137 Å². The number of benzene rings is 3. The van der Waals surface area contributed by atoms with Crippen molar-refractivity contribution in [1.29, 1.82) is 0 Å². The lowest BCUT2D eigenvalue weighted by Crippen LogP contribution is -2.45. The summed E-state index contributed by atoms with van der Waals surface area (Å²) in [6, 6.07) is 15.4. The van der Waals surface area contributed by atoms with Crippen LogP contribution in [0.5, 0.6) is 0 Å². The number of halogens is 2. The van der Waals surface area contributed by atoms with Crippen molar-refractivity contribution in [3.05, 3.63) is 87.4 Å². The maximum atomic E-state index is 13.0. The number of aromatic carboxylic acids is 1. The fourth-order valence-corrected chi connectivity index (χ4v) is 4.32. The smallest absolute Gasteiger partial charge is 0.337 e. The maximum absolute atomic E-state index is 13.0. The molecule has 3 aromatic carbocycles. The SMILES string of the molecule is Cc1ccccc1NC(=O)Nc1ccc(CC(=O)N[C@@H](CC(C)C)C(=O)Nc2cc(Cl)c(C(=O)O)cc2Cl)cc1. The summed E-state index contributed by atoms with van der Waals surface area (Å²) in [5, 5.41) is 20.0. The van der Waals surface area contributed by atoms with Crippen molar-refractivity contribution in [1.82, 2.24) is 5.32 Å². The Morgan fingerprint density at radius 3 is 2.15 bits per heavy atom. The third kappa shape index (κ3) is 8.72. The Morgan fingerprint density at radius 2 is 1.52 bits per heavy atom. The van der Waals surface area contributed by atoms with E-state index in [1.165, 1.54) is 6.07 Å². The minimum absolute atomic E-state index is 0.00561. The number of urea groups is 1. The minimum Gasteiger partial charge on any atom is -0.478 e. The highest BCUT2D eigenvalue weighted by atomic mass is 35.5. The standard InChI is InChI=1S/C29H30Cl2N4O5/c1-16(2)12-25(27(37)34-24-15-21(30)20(28(38)39)14-22(24)31)33-26(36)13-18-8-10-19(11-9-18)32-29(40)35-23-7-5-4-6-17(23)3/h4-11,14-16,25H,12-13H2,1-3H3,(H,33,36)(H,34,37)(H,38,39)(H2,32,35,40)/t25-/m0/s1. The van der Waals surface area contributed by atoms with Gasteiger partial charge in [0, 0.05) is 11.4 Å². The van der Waals surface area contributed by atoms with Gasteiger partial charge in [-0.2, -0.15) is 0 Å². The average Bonchev–Trinajstić information content (AvgIpc) is 2.87. The van der Waals surface area contributed by atoms with Gasteiger partial charge in [0.1, 0.15) is 6.04 Å². The van der Waals surface area contributed by atoms with E-state index in [0.29, 0.717) is 23.4 Å². The molecule has 0 unspecified atom stereocenters. The van der Waals surface area contributed by atoms with E-state index in [9.17, 15) is 24.3 Å². The number of hydrogen-bond donors (Lipinski definition) is 5. The van der Waals surface area contributed by atoms with Gasteiger partial charge in [-0.25, -0.2) is 9.59 Å². The van der Waals surface area contributed by atoms with Crippen LogP contribution < -0.4 is 21.3 Å². The second kappa shape index (κ2) is 13.8. The molecule has 0 spiro atoms. The summed E-state index contributed by atoms with van der Waals surface area (Å²) < 4.78 is 0. The molecule has 0 aliphatic heterocycles. The van der Waals surface area contributed by atoms with Crippen molar-refractivity contribution in [2.45, 2.75) is 39.7 Å². The van der Waals surface area contributed by atoms with Gasteiger partial charge in [0.25, 0.3) is 0 Å². The van der Waals surface area contributed by atoms with Gasteiger partial charge in [-0.15, -0.1) is 0 Å². The van der Waals surface area contributed by atoms with Crippen molar-refractivity contribution in [2.24, 2.45) is 5.92 Å². The quantitative estimate of drug-likeness (QED) is 0.189. The van der Waals surface area contributed by atoms with Crippen LogP contribution in [0.3, 0.4) is 0 Å². The van der Waals surface area contributed by atoms with E-state index in [4.69, 9.17) is 23.2 Å². The lowest BCUT2D eigenvalue weighted by atomic mass is 10.0. The van der Waals surface area contributed by atoms with Crippen LogP contribution in [-0.4, -0.2) is 35.0 Å². The molecule has 40 heavy (non-hydrogen) atoms. The Kier molecular flexibility index (Phi) is 10.5. The van der Waals surface area contributed by atoms with Crippen molar-refractivity contribution in [3.63, 3.8) is 0 Å². The first-order valence-corrected chi connectivity index (χ1v) is 13.2. The number of anilines is 3. The summed E-state index contributed by atoms with van der Waals surface area (Å²) in [6.45, 7) is 5.73. The van der Waals surface area contributed by atoms with Gasteiger partial charge in [0.05, 0.1) is 27.7 Å². The van der Waals surface area contributed by atoms with E-state index in [1.807, 2.05) is 45.0 Å². The van der Waals surface area contributed by atoms with Gasteiger partial charge >= 0.3 is 12.0 Å². The molecule has 0 fully saturated rings. The highest BCUT2D eigenvalue weighted by Crippen LogP contribution is 2.29. The number of nitrogens with one attached hydrogen (secondary N) is 4. The molecule has 9 nitrogen and oxygen atoms in total. The number of para-hydroxylation sites is 1. The molecule has 5 N–H and O–H groups in total. The predicted molar refractivity (Wildman–Crippen MR) is 157 cm³/mol. The van der Waals surface area contributed by atoms with Crippen molar-refractivity contribution in [3.8, 4) is 0 Å². The van der Waals surface area contributed by atoms with Crippen LogP contribution >= 0.6 is 23.2 Å². The van der Waals surface area contributed by atoms with Crippen LogP contribution in [0.25, 0.3) is 0 Å². The fraction of sp³-hybridized carbons (Fsp3) is 0.241. The van der Waals surface area contributed by atoms with Gasteiger partial charge in [0.15, 0.2) is 0 Å². The minimum atomic E-state index is -1.25. The van der Waals surface area contributed by atoms with Gasteiger partial charge < -0.3 is 26.4 Å². The summed E-state index contributed by atoms with van der Waals surface area (Å²) in [5.74, 6) is -2.05. The predicted octanol–water partition coefficient (Wildman–Crippen LogP) is 6.36. The first-order valence-electron chi connectivity index (χ1n) is 12.5. The average molecular weight is 585 g/mol. The molecule has 4 amide bonds. The number of hydrogen-bond acceptors (Lipinski definition) is 4. The van der Waals surface area contributed by atoms with Gasteiger partial charge in [-0.1, -0.05) is 67.4 Å².